The lowest BCUT2D eigenvalue weighted by atomic mass is 9.85. The molecular weight excluding hydrogens is 428 g/mol. The number of hydrogen-bond acceptors (Lipinski definition) is 6. The van der Waals surface area contributed by atoms with Gasteiger partial charge < -0.3 is 16.0 Å². The van der Waals surface area contributed by atoms with Crippen molar-refractivity contribution in [1.29, 1.82) is 0 Å². The average molecular weight is 461 g/mol. The largest absolute Gasteiger partial charge is 0.314 e. The first-order chi connectivity index (χ1) is 14.8. The first-order valence-corrected chi connectivity index (χ1v) is 13.5. The molecule has 1 fully saturated rings. The SMILES string of the molecule is CC(CC1CCCCC1)NCc1ccccc1N1c2c(cccc2S(N)(=O)=O)SC1N. The van der Waals surface area contributed by atoms with Gasteiger partial charge in [-0.05, 0) is 43.0 Å². The minimum Gasteiger partial charge on any atom is -0.314 e. The van der Waals surface area contributed by atoms with Crippen molar-refractivity contribution in [3.8, 4) is 0 Å². The molecule has 1 aliphatic carbocycles. The second-order valence-electron chi connectivity index (χ2n) is 8.68. The van der Waals surface area contributed by atoms with Crippen molar-refractivity contribution in [2.45, 2.75) is 73.3 Å². The lowest BCUT2D eigenvalue weighted by molar-refractivity contribution is 0.304. The van der Waals surface area contributed by atoms with E-state index in [1.54, 1.807) is 12.1 Å². The van der Waals surface area contributed by atoms with E-state index < -0.39 is 15.5 Å². The van der Waals surface area contributed by atoms with Crippen LogP contribution in [0.3, 0.4) is 0 Å². The van der Waals surface area contributed by atoms with Crippen LogP contribution in [0.1, 0.15) is 51.0 Å². The quantitative estimate of drug-likeness (QED) is 0.570. The van der Waals surface area contributed by atoms with Gasteiger partial charge in [-0.2, -0.15) is 0 Å². The van der Waals surface area contributed by atoms with Crippen molar-refractivity contribution in [1.82, 2.24) is 5.32 Å². The zero-order valence-corrected chi connectivity index (χ0v) is 19.6. The molecule has 8 heteroatoms. The van der Waals surface area contributed by atoms with Gasteiger partial charge in [-0.1, -0.05) is 68.1 Å². The minimum absolute atomic E-state index is 0.110. The summed E-state index contributed by atoms with van der Waals surface area (Å²) in [6.07, 6.45) is 7.97. The number of fused-ring (bicyclic) bond motifs is 1. The van der Waals surface area contributed by atoms with Gasteiger partial charge in [0.2, 0.25) is 10.0 Å². The number of sulfonamides is 1. The number of nitrogens with zero attached hydrogens (tertiary/aromatic N) is 1. The number of anilines is 2. The maximum atomic E-state index is 12.3. The third kappa shape index (κ3) is 5.09. The molecule has 0 saturated heterocycles. The van der Waals surface area contributed by atoms with Crippen LogP contribution in [0.4, 0.5) is 11.4 Å². The van der Waals surface area contributed by atoms with Crippen LogP contribution in [-0.2, 0) is 16.6 Å². The third-order valence-corrected chi connectivity index (χ3v) is 8.29. The maximum absolute atomic E-state index is 12.3. The molecule has 2 atom stereocenters. The Bertz CT molecular complexity index is 1020. The highest BCUT2D eigenvalue weighted by Crippen LogP contribution is 2.49. The van der Waals surface area contributed by atoms with Gasteiger partial charge in [-0.15, -0.1) is 0 Å². The van der Waals surface area contributed by atoms with E-state index >= 15 is 0 Å². The monoisotopic (exact) mass is 460 g/mol. The van der Waals surface area contributed by atoms with E-state index in [-0.39, 0.29) is 4.90 Å². The predicted molar refractivity (Wildman–Crippen MR) is 128 cm³/mol. The molecule has 0 aromatic heterocycles. The van der Waals surface area contributed by atoms with Crippen molar-refractivity contribution in [3.63, 3.8) is 0 Å². The molecule has 2 aromatic carbocycles. The molecule has 1 heterocycles. The van der Waals surface area contributed by atoms with E-state index in [1.807, 2.05) is 29.2 Å². The van der Waals surface area contributed by atoms with Gasteiger partial charge in [0.15, 0.2) is 0 Å². The van der Waals surface area contributed by atoms with E-state index in [0.29, 0.717) is 18.3 Å². The fraction of sp³-hybridized carbons (Fsp3) is 0.478. The Morgan fingerprint density at radius 2 is 1.87 bits per heavy atom. The number of para-hydroxylation sites is 2. The zero-order valence-electron chi connectivity index (χ0n) is 18.0. The highest BCUT2D eigenvalue weighted by Gasteiger charge is 2.34. The lowest BCUT2D eigenvalue weighted by Crippen LogP contribution is -2.35. The van der Waals surface area contributed by atoms with Crippen molar-refractivity contribution in [2.75, 3.05) is 4.90 Å². The zero-order chi connectivity index (χ0) is 22.0. The molecule has 31 heavy (non-hydrogen) atoms. The highest BCUT2D eigenvalue weighted by atomic mass is 32.2. The van der Waals surface area contributed by atoms with Crippen LogP contribution in [0.2, 0.25) is 0 Å². The maximum Gasteiger partial charge on any atom is 0.240 e. The summed E-state index contributed by atoms with van der Waals surface area (Å²) in [6, 6.07) is 13.6. The third-order valence-electron chi connectivity index (χ3n) is 6.32. The Labute approximate surface area is 189 Å². The van der Waals surface area contributed by atoms with E-state index in [2.05, 4.69) is 18.3 Å². The Morgan fingerprint density at radius 1 is 1.13 bits per heavy atom. The molecule has 1 saturated carbocycles. The summed E-state index contributed by atoms with van der Waals surface area (Å²) in [6.45, 7) is 2.95. The van der Waals surface area contributed by atoms with Crippen LogP contribution >= 0.6 is 11.8 Å². The normalized spacial score (nSPS) is 20.6. The van der Waals surface area contributed by atoms with Gasteiger partial charge in [-0.25, -0.2) is 13.6 Å². The molecule has 2 unspecified atom stereocenters. The van der Waals surface area contributed by atoms with Crippen LogP contribution in [0.15, 0.2) is 52.3 Å². The van der Waals surface area contributed by atoms with E-state index in [9.17, 15) is 8.42 Å². The van der Waals surface area contributed by atoms with Gasteiger partial charge in [0.25, 0.3) is 0 Å². The van der Waals surface area contributed by atoms with Gasteiger partial charge in [0.05, 0.1) is 5.69 Å². The van der Waals surface area contributed by atoms with Crippen LogP contribution in [0, 0.1) is 5.92 Å². The Kier molecular flexibility index (Phi) is 6.93. The molecule has 5 N–H and O–H groups in total. The number of thioether (sulfide) groups is 1. The Hall–Kier alpha value is -1.58. The molecule has 4 rings (SSSR count). The smallest absolute Gasteiger partial charge is 0.240 e. The summed E-state index contributed by atoms with van der Waals surface area (Å²) in [5.41, 5.74) is 8.61. The van der Waals surface area contributed by atoms with Crippen molar-refractivity contribution < 1.29 is 8.42 Å². The lowest BCUT2D eigenvalue weighted by Gasteiger charge is -2.28. The van der Waals surface area contributed by atoms with Crippen molar-refractivity contribution in [3.05, 3.63) is 48.0 Å². The molecular formula is C23H32N4O2S2. The van der Waals surface area contributed by atoms with Gasteiger partial charge in [-0.3, -0.25) is 0 Å². The molecule has 0 spiro atoms. The van der Waals surface area contributed by atoms with Crippen molar-refractivity contribution >= 4 is 33.2 Å². The fourth-order valence-corrected chi connectivity index (χ4v) is 6.69. The predicted octanol–water partition coefficient (Wildman–Crippen LogP) is 4.27. The molecule has 0 amide bonds. The minimum atomic E-state index is -3.87. The summed E-state index contributed by atoms with van der Waals surface area (Å²) < 4.78 is 24.5. The molecule has 6 nitrogen and oxygen atoms in total. The molecule has 1 aliphatic heterocycles. The second-order valence-corrected chi connectivity index (χ2v) is 11.4. The number of nitrogens with one attached hydrogen (secondary N) is 1. The number of hydrogen-bond donors (Lipinski definition) is 3. The number of primary sulfonamides is 1. The van der Waals surface area contributed by atoms with E-state index in [1.165, 1.54) is 50.3 Å². The van der Waals surface area contributed by atoms with E-state index in [0.717, 1.165) is 22.1 Å². The topological polar surface area (TPSA) is 101 Å². The summed E-state index contributed by atoms with van der Waals surface area (Å²) in [5.74, 6) is 0.819. The number of nitrogens with two attached hydrogens (primary N) is 2. The van der Waals surface area contributed by atoms with E-state index in [4.69, 9.17) is 10.9 Å². The average Bonchev–Trinajstić information content (AvgIpc) is 3.08. The van der Waals surface area contributed by atoms with Crippen LogP contribution < -0.4 is 21.1 Å². The van der Waals surface area contributed by atoms with Crippen LogP contribution in [0.25, 0.3) is 0 Å². The van der Waals surface area contributed by atoms with Gasteiger partial charge in [0.1, 0.15) is 10.4 Å². The molecule has 2 aliphatic rings. The summed E-state index contributed by atoms with van der Waals surface area (Å²) >= 11 is 1.44. The first kappa shape index (κ1) is 22.6. The molecule has 168 valence electrons. The Morgan fingerprint density at radius 3 is 2.61 bits per heavy atom. The van der Waals surface area contributed by atoms with Crippen molar-refractivity contribution in [2.24, 2.45) is 16.8 Å². The molecule has 2 aromatic rings. The van der Waals surface area contributed by atoms with Crippen LogP contribution in [-0.4, -0.2) is 20.0 Å². The number of rotatable bonds is 7. The molecule has 0 bridgehead atoms. The Balaban J connectivity index is 1.57. The fourth-order valence-electron chi connectivity index (χ4n) is 4.82. The van der Waals surface area contributed by atoms with Gasteiger partial charge in [0, 0.05) is 23.2 Å². The summed E-state index contributed by atoms with van der Waals surface area (Å²) in [5, 5.41) is 9.20. The first-order valence-electron chi connectivity index (χ1n) is 11.0. The van der Waals surface area contributed by atoms with Crippen LogP contribution in [0.5, 0.6) is 0 Å². The van der Waals surface area contributed by atoms with Gasteiger partial charge >= 0.3 is 0 Å². The second kappa shape index (κ2) is 9.50. The summed E-state index contributed by atoms with van der Waals surface area (Å²) in [7, 11) is -3.87. The standard InChI is InChI=1S/C23H32N4O2S2/c1-16(14-17-8-3-2-4-9-17)26-15-18-10-5-6-11-19(18)27-22-20(30-23(27)24)12-7-13-21(22)31(25,28)29/h5-7,10-13,16-17,23,26H,2-4,8-9,14-15,24H2,1H3,(H2,25,28,29). The highest BCUT2D eigenvalue weighted by molar-refractivity contribution is 8.00. The summed E-state index contributed by atoms with van der Waals surface area (Å²) in [4.78, 5) is 2.84. The number of benzene rings is 2. The molecule has 0 radical (unpaired) electrons.